The number of amides is 1. The molecule has 0 bridgehead atoms. The Bertz CT molecular complexity index is 1120. The number of aromatic amines is 1. The summed E-state index contributed by atoms with van der Waals surface area (Å²) in [6, 6.07) is 4.02. The summed E-state index contributed by atoms with van der Waals surface area (Å²) in [5.41, 5.74) is 3.17. The number of ether oxygens (including phenoxy) is 1. The van der Waals surface area contributed by atoms with Crippen LogP contribution in [-0.2, 0) is 20.7 Å². The maximum absolute atomic E-state index is 13.2. The zero-order valence-corrected chi connectivity index (χ0v) is 22.0. The van der Waals surface area contributed by atoms with Gasteiger partial charge in [0.15, 0.2) is 5.58 Å². The van der Waals surface area contributed by atoms with E-state index < -0.39 is 5.76 Å². The maximum Gasteiger partial charge on any atom is 0.417 e. The highest BCUT2D eigenvalue weighted by Gasteiger charge is 2.38. The third-order valence-corrected chi connectivity index (χ3v) is 7.56. The molecule has 2 saturated heterocycles. The molecule has 9 nitrogen and oxygen atoms in total. The van der Waals surface area contributed by atoms with Crippen LogP contribution in [0.2, 0.25) is 0 Å². The van der Waals surface area contributed by atoms with E-state index in [-0.39, 0.29) is 23.8 Å². The second kappa shape index (κ2) is 11.6. The van der Waals surface area contributed by atoms with Crippen molar-refractivity contribution >= 4 is 23.0 Å². The molecule has 3 heterocycles. The number of piperidine rings is 1. The number of aromatic nitrogens is 1. The first-order valence-electron chi connectivity index (χ1n) is 13.2. The third-order valence-electron chi connectivity index (χ3n) is 7.56. The molecule has 2 aliphatic heterocycles. The Morgan fingerprint density at radius 2 is 1.94 bits per heavy atom. The van der Waals surface area contributed by atoms with Gasteiger partial charge in [0.05, 0.1) is 12.1 Å². The SMILES string of the molecule is Cc1cc(C[C@@H](C)C(=O)N2CCC(N3CCC[C@H]3C(=O)OCCCN(C)C)CC2)cc2oc(=O)[nH]c12. The fourth-order valence-corrected chi connectivity index (χ4v) is 5.71. The average Bonchev–Trinajstić information content (AvgIpc) is 3.48. The monoisotopic (exact) mass is 500 g/mol. The fraction of sp³-hybridized carbons (Fsp3) is 0.667. The van der Waals surface area contributed by atoms with Crippen molar-refractivity contribution in [2.45, 2.75) is 64.5 Å². The van der Waals surface area contributed by atoms with Crippen LogP contribution in [0.1, 0.15) is 50.2 Å². The number of H-pyrrole nitrogens is 1. The number of hydrogen-bond acceptors (Lipinski definition) is 7. The van der Waals surface area contributed by atoms with Gasteiger partial charge in [-0.15, -0.1) is 0 Å². The first-order chi connectivity index (χ1) is 17.2. The van der Waals surface area contributed by atoms with Crippen molar-refractivity contribution < 1.29 is 18.7 Å². The number of esters is 1. The summed E-state index contributed by atoms with van der Waals surface area (Å²) in [4.78, 5) is 46.5. The standard InChI is InChI=1S/C27H40N4O5/c1-18-15-20(17-23-24(18)28-27(34)36-23)16-19(2)25(32)30-12-8-21(9-13-30)31-11-5-7-22(31)26(33)35-14-6-10-29(3)4/h15,17,19,21-22H,5-14,16H2,1-4H3,(H,28,34)/t19-,22+/m1/s1. The van der Waals surface area contributed by atoms with Crippen molar-refractivity contribution in [1.29, 1.82) is 0 Å². The minimum Gasteiger partial charge on any atom is -0.464 e. The van der Waals surface area contributed by atoms with E-state index in [1.807, 2.05) is 45.0 Å². The highest BCUT2D eigenvalue weighted by molar-refractivity contribution is 5.80. The summed E-state index contributed by atoms with van der Waals surface area (Å²) >= 11 is 0. The van der Waals surface area contributed by atoms with Crippen molar-refractivity contribution in [3.63, 3.8) is 0 Å². The zero-order chi connectivity index (χ0) is 25.8. The normalized spacial score (nSPS) is 20.4. The summed E-state index contributed by atoms with van der Waals surface area (Å²) < 4.78 is 10.8. The van der Waals surface area contributed by atoms with E-state index in [1.54, 1.807) is 0 Å². The minimum absolute atomic E-state index is 0.0936. The quantitative estimate of drug-likeness (QED) is 0.417. The molecule has 0 radical (unpaired) electrons. The Hall–Kier alpha value is -2.65. The van der Waals surface area contributed by atoms with E-state index in [0.29, 0.717) is 43.3 Å². The van der Waals surface area contributed by atoms with Gasteiger partial charge in [-0.05, 0) is 83.3 Å². The summed E-state index contributed by atoms with van der Waals surface area (Å²) in [6.45, 7) is 7.60. The van der Waals surface area contributed by atoms with Gasteiger partial charge in [-0.3, -0.25) is 19.5 Å². The number of likely N-dealkylation sites (tertiary alicyclic amines) is 2. The van der Waals surface area contributed by atoms with Crippen LogP contribution in [-0.4, -0.2) is 90.5 Å². The largest absolute Gasteiger partial charge is 0.464 e. The lowest BCUT2D eigenvalue weighted by Gasteiger charge is -2.39. The molecule has 2 fully saturated rings. The molecule has 9 heteroatoms. The van der Waals surface area contributed by atoms with E-state index in [4.69, 9.17) is 9.15 Å². The number of nitrogens with one attached hydrogen (secondary N) is 1. The second-order valence-electron chi connectivity index (χ2n) is 10.7. The van der Waals surface area contributed by atoms with Crippen molar-refractivity contribution in [2.24, 2.45) is 5.92 Å². The molecule has 0 unspecified atom stereocenters. The lowest BCUT2D eigenvalue weighted by molar-refractivity contribution is -0.151. The zero-order valence-electron chi connectivity index (χ0n) is 22.0. The van der Waals surface area contributed by atoms with Crippen LogP contribution in [0.4, 0.5) is 0 Å². The smallest absolute Gasteiger partial charge is 0.417 e. The maximum atomic E-state index is 13.2. The molecule has 1 aromatic carbocycles. The molecule has 4 rings (SSSR count). The lowest BCUT2D eigenvalue weighted by atomic mass is 9.96. The summed E-state index contributed by atoms with van der Waals surface area (Å²) in [6.07, 6.45) is 5.06. The van der Waals surface area contributed by atoms with Crippen molar-refractivity contribution in [2.75, 3.05) is 46.9 Å². The highest BCUT2D eigenvalue weighted by atomic mass is 16.5. The number of aryl methyl sites for hydroxylation is 1. The second-order valence-corrected chi connectivity index (χ2v) is 10.7. The number of oxazole rings is 1. The van der Waals surface area contributed by atoms with E-state index in [2.05, 4.69) is 14.8 Å². The van der Waals surface area contributed by atoms with Gasteiger partial charge in [0.2, 0.25) is 5.91 Å². The Morgan fingerprint density at radius 3 is 2.67 bits per heavy atom. The van der Waals surface area contributed by atoms with E-state index in [9.17, 15) is 14.4 Å². The molecule has 1 N–H and O–H groups in total. The third kappa shape index (κ3) is 6.18. The molecule has 198 valence electrons. The highest BCUT2D eigenvalue weighted by Crippen LogP contribution is 2.28. The molecule has 0 aliphatic carbocycles. The van der Waals surface area contributed by atoms with Gasteiger partial charge >= 0.3 is 11.7 Å². The molecule has 1 amide bonds. The fourth-order valence-electron chi connectivity index (χ4n) is 5.71. The molecular formula is C27H40N4O5. The van der Waals surface area contributed by atoms with E-state index in [1.165, 1.54) is 0 Å². The molecular weight excluding hydrogens is 460 g/mol. The van der Waals surface area contributed by atoms with Crippen LogP contribution in [0, 0.1) is 12.8 Å². The lowest BCUT2D eigenvalue weighted by Crippen LogP contribution is -2.51. The van der Waals surface area contributed by atoms with Crippen LogP contribution in [0.15, 0.2) is 21.3 Å². The van der Waals surface area contributed by atoms with E-state index >= 15 is 0 Å². The Labute approximate surface area is 212 Å². The topological polar surface area (TPSA) is 99.1 Å². The predicted molar refractivity (Wildman–Crippen MR) is 138 cm³/mol. The number of rotatable bonds is 9. The Morgan fingerprint density at radius 1 is 1.19 bits per heavy atom. The van der Waals surface area contributed by atoms with Gasteiger partial charge in [-0.2, -0.15) is 0 Å². The van der Waals surface area contributed by atoms with Gasteiger partial charge in [-0.1, -0.05) is 13.0 Å². The van der Waals surface area contributed by atoms with Crippen LogP contribution in [0.25, 0.3) is 11.1 Å². The van der Waals surface area contributed by atoms with Crippen molar-refractivity contribution in [3.8, 4) is 0 Å². The van der Waals surface area contributed by atoms with Crippen molar-refractivity contribution in [1.82, 2.24) is 19.7 Å². The molecule has 2 aromatic rings. The number of carbonyl (C=O) groups excluding carboxylic acids is 2. The summed E-state index contributed by atoms with van der Waals surface area (Å²) in [7, 11) is 4.03. The minimum atomic E-state index is -0.463. The van der Waals surface area contributed by atoms with Gasteiger partial charge in [-0.25, -0.2) is 4.79 Å². The summed E-state index contributed by atoms with van der Waals surface area (Å²) in [5.74, 6) is -0.570. The van der Waals surface area contributed by atoms with E-state index in [0.717, 1.165) is 56.3 Å². The number of hydrogen-bond donors (Lipinski definition) is 1. The summed E-state index contributed by atoms with van der Waals surface area (Å²) in [5, 5.41) is 0. The van der Waals surface area contributed by atoms with Crippen LogP contribution in [0.3, 0.4) is 0 Å². The van der Waals surface area contributed by atoms with Gasteiger partial charge in [0.25, 0.3) is 0 Å². The molecule has 36 heavy (non-hydrogen) atoms. The molecule has 0 saturated carbocycles. The van der Waals surface area contributed by atoms with Gasteiger partial charge in [0.1, 0.15) is 6.04 Å². The number of fused-ring (bicyclic) bond motifs is 1. The molecule has 2 aliphatic rings. The molecule has 2 atom stereocenters. The number of nitrogens with zero attached hydrogens (tertiary/aromatic N) is 3. The Balaban J connectivity index is 1.27. The number of benzene rings is 1. The predicted octanol–water partition coefficient (Wildman–Crippen LogP) is 2.56. The number of carbonyl (C=O) groups is 2. The molecule has 0 spiro atoms. The van der Waals surface area contributed by atoms with Gasteiger partial charge in [0, 0.05) is 31.6 Å². The van der Waals surface area contributed by atoms with Gasteiger partial charge < -0.3 is 19.0 Å². The first kappa shape index (κ1) is 26.4. The molecule has 1 aromatic heterocycles. The van der Waals surface area contributed by atoms with Crippen molar-refractivity contribution in [3.05, 3.63) is 33.8 Å². The van der Waals surface area contributed by atoms with Crippen LogP contribution >= 0.6 is 0 Å². The average molecular weight is 501 g/mol. The van der Waals surface area contributed by atoms with Crippen LogP contribution < -0.4 is 5.76 Å². The Kier molecular flexibility index (Phi) is 8.51. The van der Waals surface area contributed by atoms with Crippen LogP contribution in [0.5, 0.6) is 0 Å². The first-order valence-corrected chi connectivity index (χ1v) is 13.2.